The van der Waals surface area contributed by atoms with Crippen LogP contribution in [-0.2, 0) is 0 Å². The summed E-state index contributed by atoms with van der Waals surface area (Å²) in [5.74, 6) is 0.731. The summed E-state index contributed by atoms with van der Waals surface area (Å²) in [4.78, 5) is 0. The first kappa shape index (κ1) is 6.17. The van der Waals surface area contributed by atoms with Crippen molar-refractivity contribution in [3.05, 3.63) is 0 Å². The van der Waals surface area contributed by atoms with Gasteiger partial charge in [-0.3, -0.25) is 0 Å². The minimum Gasteiger partial charge on any atom is -0.0554 e. The molecule has 0 aliphatic carbocycles. The van der Waals surface area contributed by atoms with E-state index in [1.54, 1.807) is 0 Å². The van der Waals surface area contributed by atoms with Crippen molar-refractivity contribution < 1.29 is 0 Å². The van der Waals surface area contributed by atoms with Gasteiger partial charge in [0, 0.05) is 5.92 Å². The van der Waals surface area contributed by atoms with E-state index in [4.69, 9.17) is 0 Å². The maximum Gasteiger partial charge on any atom is 0.0925 e. The number of hydrogen-bond donors (Lipinski definition) is 0. The van der Waals surface area contributed by atoms with Gasteiger partial charge < -0.3 is 0 Å². The molecule has 0 rings (SSSR count). The Kier molecular flexibility index (Phi) is 2.43. The molecule has 1 unspecified atom stereocenters. The van der Waals surface area contributed by atoms with Gasteiger partial charge >= 0.3 is 0 Å². The minimum atomic E-state index is 0.731. The molecule has 0 saturated carbocycles. The third-order valence-corrected chi connectivity index (χ3v) is 1.58. The van der Waals surface area contributed by atoms with Gasteiger partial charge in [0.15, 0.2) is 0 Å². The van der Waals surface area contributed by atoms with Crippen LogP contribution in [0, 0.1) is 5.92 Å². The predicted molar refractivity (Wildman–Crippen MR) is 35.2 cm³/mol. The summed E-state index contributed by atoms with van der Waals surface area (Å²) in [5, 5.41) is 1.43. The normalized spacial score (nSPS) is 9.33. The molecule has 0 aromatic rings. The molecule has 0 amide bonds. The first-order chi connectivity index (χ1) is 2.64. The highest BCUT2D eigenvalue weighted by Gasteiger charge is 1.95. The molecule has 0 heterocycles. The first-order valence-electron chi connectivity index (χ1n) is 2.23. The van der Waals surface area contributed by atoms with E-state index in [1.165, 1.54) is 5.29 Å². The second-order valence-corrected chi connectivity index (χ2v) is 2.81. The van der Waals surface area contributed by atoms with E-state index in [1.807, 2.05) is 0 Å². The zero-order chi connectivity index (χ0) is 5.15. The van der Waals surface area contributed by atoms with Crippen molar-refractivity contribution in [2.45, 2.75) is 20.8 Å². The van der Waals surface area contributed by atoms with E-state index < -0.39 is 0 Å². The largest absolute Gasteiger partial charge is 0.0925 e. The number of hydrogen-bond acceptors (Lipinski definition) is 0. The molecule has 0 aliphatic rings. The maximum atomic E-state index is 2.69. The zero-order valence-electron chi connectivity index (χ0n) is 4.65. The average molecular weight is 103 g/mol. The summed E-state index contributed by atoms with van der Waals surface area (Å²) in [5.41, 5.74) is 0. The third kappa shape index (κ3) is 2.41. The van der Waals surface area contributed by atoms with Crippen LogP contribution in [-0.4, -0.2) is 5.29 Å². The molecule has 1 heteroatoms. The zero-order valence-corrected chi connectivity index (χ0v) is 5.81. The lowest BCUT2D eigenvalue weighted by Crippen LogP contribution is -1.94. The van der Waals surface area contributed by atoms with Gasteiger partial charge in [-0.25, -0.2) is 0 Å². The Balaban J connectivity index is 3.26. The van der Waals surface area contributed by atoms with Crippen molar-refractivity contribution in [1.29, 1.82) is 0 Å². The first-order valence-corrected chi connectivity index (χ1v) is 2.81. The van der Waals surface area contributed by atoms with Crippen LogP contribution in [0.5, 0.6) is 0 Å². The Morgan fingerprint density at radius 3 is 1.67 bits per heavy atom. The van der Waals surface area contributed by atoms with Gasteiger partial charge in [-0.2, -0.15) is 0 Å². The highest BCUT2D eigenvalue weighted by molar-refractivity contribution is 7.21. The summed E-state index contributed by atoms with van der Waals surface area (Å²) in [6.45, 7) is 6.49. The molecule has 0 N–H and O–H groups in total. The monoisotopic (exact) mass is 103 g/mol. The Morgan fingerprint density at radius 2 is 1.67 bits per heavy atom. The van der Waals surface area contributed by atoms with E-state index in [0.29, 0.717) is 0 Å². The molecule has 6 heavy (non-hydrogen) atoms. The van der Waals surface area contributed by atoms with Gasteiger partial charge in [0.05, 0.1) is 14.2 Å². The van der Waals surface area contributed by atoms with Crippen LogP contribution in [0.3, 0.4) is 0 Å². The van der Waals surface area contributed by atoms with Crippen LogP contribution in [0.1, 0.15) is 20.8 Å². The van der Waals surface area contributed by atoms with E-state index >= 15 is 0 Å². The van der Waals surface area contributed by atoms with Gasteiger partial charge in [-0.1, -0.05) is 13.8 Å². The molecule has 0 aliphatic heterocycles. The van der Waals surface area contributed by atoms with Gasteiger partial charge in [0.2, 0.25) is 0 Å². The van der Waals surface area contributed by atoms with E-state index in [-0.39, 0.29) is 0 Å². The van der Waals surface area contributed by atoms with Crippen molar-refractivity contribution in [2.75, 3.05) is 0 Å². The SMILES string of the molecule is CC(=[PH2+])C(C)C. The Bertz CT molecular complexity index is 55.0. The van der Waals surface area contributed by atoms with Gasteiger partial charge in [-0.15, -0.1) is 0 Å². The molecule has 0 spiro atoms. The van der Waals surface area contributed by atoms with Crippen LogP contribution in [0.4, 0.5) is 0 Å². The lowest BCUT2D eigenvalue weighted by molar-refractivity contribution is 0.896. The molecule has 0 aromatic carbocycles. The topological polar surface area (TPSA) is 0 Å². The number of rotatable bonds is 1. The van der Waals surface area contributed by atoms with Crippen molar-refractivity contribution in [2.24, 2.45) is 5.92 Å². The Labute approximate surface area is 41.8 Å². The van der Waals surface area contributed by atoms with Crippen molar-refractivity contribution in [3.63, 3.8) is 0 Å². The van der Waals surface area contributed by atoms with Gasteiger partial charge in [-0.05, 0) is 6.92 Å². The molecule has 0 fully saturated rings. The van der Waals surface area contributed by atoms with E-state index in [2.05, 4.69) is 29.6 Å². The highest BCUT2D eigenvalue weighted by atomic mass is 31.0. The van der Waals surface area contributed by atoms with E-state index in [0.717, 1.165) is 5.92 Å². The summed E-state index contributed by atoms with van der Waals surface area (Å²) in [6, 6.07) is 0. The fourth-order valence-electron chi connectivity index (χ4n) is 0. The summed E-state index contributed by atoms with van der Waals surface area (Å²) in [7, 11) is 2.69. The lowest BCUT2D eigenvalue weighted by atomic mass is 10.2. The lowest BCUT2D eigenvalue weighted by Gasteiger charge is -1.90. The van der Waals surface area contributed by atoms with Crippen molar-refractivity contribution in [3.8, 4) is 0 Å². The second-order valence-electron chi connectivity index (χ2n) is 1.90. The van der Waals surface area contributed by atoms with Crippen LogP contribution in [0.2, 0.25) is 0 Å². The summed E-state index contributed by atoms with van der Waals surface area (Å²) >= 11 is 0. The summed E-state index contributed by atoms with van der Waals surface area (Å²) < 4.78 is 0. The molecule has 0 aromatic heterocycles. The fourth-order valence-corrected chi connectivity index (χ4v) is 0. The smallest absolute Gasteiger partial charge is 0.0554 e. The summed E-state index contributed by atoms with van der Waals surface area (Å²) in [6.07, 6.45) is 0. The molecular weight excluding hydrogens is 91.0 g/mol. The molecule has 0 saturated heterocycles. The average Bonchev–Trinajstić information content (AvgIpc) is 1.36. The van der Waals surface area contributed by atoms with Crippen LogP contribution < -0.4 is 0 Å². The molecule has 0 radical (unpaired) electrons. The maximum absolute atomic E-state index is 2.69. The quantitative estimate of drug-likeness (QED) is 0.443. The molecule has 0 nitrogen and oxygen atoms in total. The van der Waals surface area contributed by atoms with E-state index in [9.17, 15) is 0 Å². The van der Waals surface area contributed by atoms with Crippen molar-refractivity contribution >= 4 is 14.2 Å². The minimum absolute atomic E-state index is 0.731. The Hall–Kier alpha value is 0.170. The van der Waals surface area contributed by atoms with Crippen LogP contribution in [0.25, 0.3) is 0 Å². The third-order valence-electron chi connectivity index (χ3n) is 0.911. The fraction of sp³-hybridized carbons (Fsp3) is 0.800. The van der Waals surface area contributed by atoms with Gasteiger partial charge in [0.1, 0.15) is 0 Å². The predicted octanol–water partition coefficient (Wildman–Crippen LogP) is 1.71. The molecule has 36 valence electrons. The van der Waals surface area contributed by atoms with Crippen LogP contribution >= 0.6 is 8.86 Å². The highest BCUT2D eigenvalue weighted by Crippen LogP contribution is 1.95. The van der Waals surface area contributed by atoms with Crippen molar-refractivity contribution in [1.82, 2.24) is 0 Å². The Morgan fingerprint density at radius 1 is 1.50 bits per heavy atom. The standard InChI is InChI=1S/C5H11P/c1-4(2)5(3)6/h4,6H,1-3H3/p+1. The van der Waals surface area contributed by atoms with Crippen LogP contribution in [0.15, 0.2) is 0 Å². The molecule has 0 bridgehead atoms. The second kappa shape index (κ2) is 2.36. The molecule has 1 atom stereocenters. The van der Waals surface area contributed by atoms with Gasteiger partial charge in [0.25, 0.3) is 0 Å². The molecular formula is C5H12P+.